The molecule has 1 fully saturated rings. The van der Waals surface area contributed by atoms with Crippen LogP contribution in [0.1, 0.15) is 5.56 Å². The summed E-state index contributed by atoms with van der Waals surface area (Å²) >= 11 is 5.09. The van der Waals surface area contributed by atoms with E-state index in [0.29, 0.717) is 11.5 Å². The van der Waals surface area contributed by atoms with Crippen LogP contribution < -0.4 is 9.47 Å². The molecule has 2 aromatic rings. The first kappa shape index (κ1) is 20.5. The van der Waals surface area contributed by atoms with Crippen molar-refractivity contribution < 1.29 is 34.3 Å². The summed E-state index contributed by atoms with van der Waals surface area (Å²) in [7, 11) is 0. The van der Waals surface area contributed by atoms with Gasteiger partial charge in [0, 0.05) is 12.2 Å². The van der Waals surface area contributed by atoms with E-state index >= 15 is 0 Å². The van der Waals surface area contributed by atoms with E-state index in [0.717, 1.165) is 5.56 Å². The van der Waals surface area contributed by atoms with Gasteiger partial charge in [0.15, 0.2) is 12.2 Å². The predicted molar refractivity (Wildman–Crippen MR) is 104 cm³/mol. The van der Waals surface area contributed by atoms with Crippen molar-refractivity contribution in [2.24, 2.45) is 0 Å². The summed E-state index contributed by atoms with van der Waals surface area (Å²) < 4.78 is 22.0. The molecule has 0 amide bonds. The Labute approximate surface area is 168 Å². The van der Waals surface area contributed by atoms with Crippen molar-refractivity contribution in [1.29, 1.82) is 0 Å². The smallest absolute Gasteiger partial charge is 0.358 e. The lowest BCUT2D eigenvalue weighted by molar-refractivity contribution is -0.275. The Hall–Kier alpha value is -2.23. The lowest BCUT2D eigenvalue weighted by Crippen LogP contribution is -2.61. The largest absolute Gasteiger partial charge is 0.462 e. The van der Waals surface area contributed by atoms with E-state index in [1.165, 1.54) is 0 Å². The lowest BCUT2D eigenvalue weighted by atomic mass is 9.99. The molecule has 1 saturated heterocycles. The molecular formula is C20H22O7S. The van der Waals surface area contributed by atoms with Gasteiger partial charge in [0.2, 0.25) is 6.29 Å². The molecule has 8 heteroatoms. The fourth-order valence-electron chi connectivity index (χ4n) is 2.76. The number of aliphatic hydroxyl groups excluding tert-OH is 3. The van der Waals surface area contributed by atoms with E-state index in [1.807, 2.05) is 25.1 Å². The molecule has 7 nitrogen and oxygen atoms in total. The molecule has 0 aliphatic carbocycles. The van der Waals surface area contributed by atoms with Gasteiger partial charge in [-0.1, -0.05) is 35.9 Å². The third-order valence-electron chi connectivity index (χ3n) is 4.27. The van der Waals surface area contributed by atoms with Crippen molar-refractivity contribution >= 4 is 17.5 Å². The van der Waals surface area contributed by atoms with Crippen molar-refractivity contribution in [2.75, 3.05) is 6.61 Å². The number of ether oxygens (including phenoxy) is 4. The van der Waals surface area contributed by atoms with Crippen LogP contribution in [0.2, 0.25) is 0 Å². The van der Waals surface area contributed by atoms with E-state index in [4.69, 9.17) is 31.2 Å². The maximum atomic E-state index is 10.6. The Morgan fingerprint density at radius 3 is 2.32 bits per heavy atom. The van der Waals surface area contributed by atoms with Crippen LogP contribution in [0.15, 0.2) is 54.6 Å². The topological polar surface area (TPSA) is 97.6 Å². The summed E-state index contributed by atoms with van der Waals surface area (Å²) in [6.45, 7) is 1.45. The van der Waals surface area contributed by atoms with Gasteiger partial charge in [-0.2, -0.15) is 0 Å². The molecule has 3 N–H and O–H groups in total. The zero-order valence-electron chi connectivity index (χ0n) is 15.2. The maximum Gasteiger partial charge on any atom is 0.358 e. The van der Waals surface area contributed by atoms with Crippen LogP contribution in [0.25, 0.3) is 0 Å². The van der Waals surface area contributed by atoms with Gasteiger partial charge in [0.1, 0.15) is 23.7 Å². The molecule has 28 heavy (non-hydrogen) atoms. The van der Waals surface area contributed by atoms with Crippen LogP contribution in [0, 0.1) is 6.92 Å². The molecule has 0 aromatic heterocycles. The molecule has 1 aliphatic heterocycles. The van der Waals surface area contributed by atoms with Crippen molar-refractivity contribution in [2.45, 2.75) is 37.6 Å². The van der Waals surface area contributed by atoms with Crippen molar-refractivity contribution in [3.8, 4) is 11.5 Å². The third kappa shape index (κ3) is 4.98. The van der Waals surface area contributed by atoms with E-state index in [2.05, 4.69) is 0 Å². The van der Waals surface area contributed by atoms with Crippen LogP contribution in [-0.4, -0.2) is 57.9 Å². The summed E-state index contributed by atoms with van der Waals surface area (Å²) in [6.07, 6.45) is -6.12. The fraction of sp³-hybridized carbons (Fsp3) is 0.350. The van der Waals surface area contributed by atoms with E-state index in [-0.39, 0.29) is 5.24 Å². The number of thiocarbonyl (C=S) groups is 1. The monoisotopic (exact) mass is 406 g/mol. The first-order valence-electron chi connectivity index (χ1n) is 8.77. The second-order valence-corrected chi connectivity index (χ2v) is 6.72. The van der Waals surface area contributed by atoms with Gasteiger partial charge in [-0.3, -0.25) is 0 Å². The van der Waals surface area contributed by atoms with Gasteiger partial charge in [0.25, 0.3) is 0 Å². The SMILES string of the molecule is Cc1ccc(OC(=S)O[C@H]2[C@@H](O)[C@@H](CO)O[C@@H](Oc3ccccc3)[C@@H]2O)cc1. The maximum absolute atomic E-state index is 10.6. The van der Waals surface area contributed by atoms with Gasteiger partial charge in [-0.15, -0.1) is 0 Å². The average molecular weight is 406 g/mol. The van der Waals surface area contributed by atoms with Crippen molar-refractivity contribution in [3.63, 3.8) is 0 Å². The van der Waals surface area contributed by atoms with Gasteiger partial charge >= 0.3 is 5.24 Å². The Morgan fingerprint density at radius 1 is 1.00 bits per heavy atom. The molecule has 0 bridgehead atoms. The van der Waals surface area contributed by atoms with Crippen LogP contribution in [0.5, 0.6) is 11.5 Å². The third-order valence-corrected chi connectivity index (χ3v) is 4.45. The molecule has 1 aliphatic rings. The summed E-state index contributed by atoms with van der Waals surface area (Å²) in [6, 6.07) is 15.9. The molecule has 2 aromatic carbocycles. The minimum atomic E-state index is -1.38. The minimum absolute atomic E-state index is 0.274. The van der Waals surface area contributed by atoms with E-state index in [1.54, 1.807) is 36.4 Å². The molecule has 0 saturated carbocycles. The Kier molecular flexibility index (Phi) is 6.82. The molecule has 0 spiro atoms. The van der Waals surface area contributed by atoms with Crippen LogP contribution >= 0.6 is 12.2 Å². The molecule has 150 valence electrons. The summed E-state index contributed by atoms with van der Waals surface area (Å²) in [4.78, 5) is 0. The Bertz CT molecular complexity index is 768. The summed E-state index contributed by atoms with van der Waals surface area (Å²) in [5, 5.41) is 30.2. The Balaban J connectivity index is 1.69. The fourth-order valence-corrected chi connectivity index (χ4v) is 2.97. The number of hydrogen-bond donors (Lipinski definition) is 3. The molecule has 3 rings (SSSR count). The van der Waals surface area contributed by atoms with Crippen LogP contribution in [0.4, 0.5) is 0 Å². The first-order chi connectivity index (χ1) is 13.5. The zero-order chi connectivity index (χ0) is 20.1. The Morgan fingerprint density at radius 2 is 1.68 bits per heavy atom. The average Bonchev–Trinajstić information content (AvgIpc) is 2.70. The highest BCUT2D eigenvalue weighted by atomic mass is 32.1. The van der Waals surface area contributed by atoms with E-state index in [9.17, 15) is 15.3 Å². The lowest BCUT2D eigenvalue weighted by Gasteiger charge is -2.41. The van der Waals surface area contributed by atoms with Gasteiger partial charge < -0.3 is 34.3 Å². The second kappa shape index (κ2) is 9.31. The number of benzene rings is 2. The molecule has 0 radical (unpaired) electrons. The number of aliphatic hydroxyl groups is 3. The second-order valence-electron chi connectivity index (χ2n) is 6.39. The first-order valence-corrected chi connectivity index (χ1v) is 9.18. The van der Waals surface area contributed by atoms with Crippen molar-refractivity contribution in [3.05, 3.63) is 60.2 Å². The summed E-state index contributed by atoms with van der Waals surface area (Å²) in [5.41, 5.74) is 1.06. The predicted octanol–water partition coefficient (Wildman–Crippen LogP) is 1.56. The standard InChI is InChI=1S/C20H22O7S/c1-12-7-9-14(10-8-12)25-20(28)27-18-16(22)15(11-21)26-19(17(18)23)24-13-5-3-2-4-6-13/h2-10,15-19,21-23H,11H2,1H3/t15-,16+,17-,18+,19-/m1/s1. The minimum Gasteiger partial charge on any atom is -0.462 e. The number of para-hydroxylation sites is 1. The highest BCUT2D eigenvalue weighted by Gasteiger charge is 2.47. The number of rotatable bonds is 5. The van der Waals surface area contributed by atoms with Gasteiger partial charge in [-0.25, -0.2) is 0 Å². The van der Waals surface area contributed by atoms with Crippen molar-refractivity contribution in [1.82, 2.24) is 0 Å². The number of aryl methyl sites for hydroxylation is 1. The highest BCUT2D eigenvalue weighted by Crippen LogP contribution is 2.26. The molecule has 0 unspecified atom stereocenters. The van der Waals surface area contributed by atoms with E-state index < -0.39 is 37.3 Å². The molecule has 5 atom stereocenters. The zero-order valence-corrected chi connectivity index (χ0v) is 16.0. The van der Waals surface area contributed by atoms with Crippen LogP contribution in [0.3, 0.4) is 0 Å². The molecular weight excluding hydrogens is 384 g/mol. The quantitative estimate of drug-likeness (QED) is 0.644. The van der Waals surface area contributed by atoms with Gasteiger partial charge in [-0.05, 0) is 31.2 Å². The normalized spacial score (nSPS) is 27.1. The molecule has 1 heterocycles. The highest BCUT2D eigenvalue weighted by molar-refractivity contribution is 7.79. The van der Waals surface area contributed by atoms with Crippen LogP contribution in [-0.2, 0) is 9.47 Å². The van der Waals surface area contributed by atoms with Gasteiger partial charge in [0.05, 0.1) is 6.61 Å². The summed E-state index contributed by atoms with van der Waals surface area (Å²) in [5.74, 6) is 0.916. The number of hydrogen-bond acceptors (Lipinski definition) is 8.